The van der Waals surface area contributed by atoms with Gasteiger partial charge in [-0.1, -0.05) is 46.3 Å². The lowest BCUT2D eigenvalue weighted by atomic mass is 9.46. The van der Waals surface area contributed by atoms with Gasteiger partial charge in [0, 0.05) is 24.7 Å². The number of esters is 2. The van der Waals surface area contributed by atoms with Crippen LogP contribution in [-0.4, -0.2) is 183 Å². The van der Waals surface area contributed by atoms with Crippen molar-refractivity contribution in [2.45, 2.75) is 197 Å². The van der Waals surface area contributed by atoms with E-state index in [4.69, 9.17) is 42.6 Å². The second-order valence-electron chi connectivity index (χ2n) is 22.5. The van der Waals surface area contributed by atoms with Crippen molar-refractivity contribution in [2.75, 3.05) is 26.9 Å². The van der Waals surface area contributed by atoms with Gasteiger partial charge in [0.15, 0.2) is 31.1 Å². The first kappa shape index (κ1) is 56.0. The van der Waals surface area contributed by atoms with E-state index in [0.717, 1.165) is 19.8 Å². The molecule has 3 saturated carbocycles. The number of rotatable bonds is 16. The minimum Gasteiger partial charge on any atom is -0.497 e. The molecule has 410 valence electrons. The maximum atomic E-state index is 14.3. The van der Waals surface area contributed by atoms with Crippen LogP contribution in [0, 0.1) is 40.4 Å². The summed E-state index contributed by atoms with van der Waals surface area (Å²) in [5.74, 6) is -1.94. The molecule has 7 aliphatic rings. The molecular weight excluding hydrogens is 957 g/mol. The molecule has 8 rings (SSSR count). The van der Waals surface area contributed by atoms with Gasteiger partial charge in [-0.3, -0.25) is 9.59 Å². The van der Waals surface area contributed by atoms with Crippen molar-refractivity contribution in [1.82, 2.24) is 0 Å². The van der Waals surface area contributed by atoms with Crippen LogP contribution in [0.3, 0.4) is 0 Å². The van der Waals surface area contributed by atoms with Crippen LogP contribution < -0.4 is 4.74 Å². The molecule has 1 aromatic carbocycles. The molecule has 1 aromatic rings. The largest absolute Gasteiger partial charge is 0.497 e. The van der Waals surface area contributed by atoms with Gasteiger partial charge in [0.2, 0.25) is 0 Å². The molecule has 20 nitrogen and oxygen atoms in total. The number of fused-ring (bicyclic) bond motifs is 5. The second kappa shape index (κ2) is 22.4. The maximum Gasteiger partial charge on any atom is 0.338 e. The van der Waals surface area contributed by atoms with Crippen molar-refractivity contribution in [2.24, 2.45) is 40.4 Å². The summed E-state index contributed by atoms with van der Waals surface area (Å²) in [6.45, 7) is 9.88. The molecule has 4 aliphatic carbocycles. The van der Waals surface area contributed by atoms with E-state index >= 15 is 0 Å². The number of Topliss-reactive ketones (excluding diaryl/α,β-unsaturated/α-hetero) is 1. The van der Waals surface area contributed by atoms with Crippen LogP contribution in [0.1, 0.15) is 110 Å². The quantitative estimate of drug-likeness (QED) is 0.0866. The predicted octanol–water partition coefficient (Wildman–Crippen LogP) is 1.85. The fourth-order valence-corrected chi connectivity index (χ4v) is 13.6. The van der Waals surface area contributed by atoms with Crippen LogP contribution in [0.15, 0.2) is 35.9 Å². The van der Waals surface area contributed by atoms with Gasteiger partial charge in [-0.25, -0.2) is 4.79 Å². The van der Waals surface area contributed by atoms with Gasteiger partial charge in [0.1, 0.15) is 66.0 Å². The van der Waals surface area contributed by atoms with Crippen molar-refractivity contribution >= 4 is 17.7 Å². The number of benzene rings is 1. The molecule has 0 radical (unpaired) electrons. The van der Waals surface area contributed by atoms with Crippen molar-refractivity contribution in [3.8, 4) is 5.75 Å². The lowest BCUT2D eigenvalue weighted by molar-refractivity contribution is -0.345. The number of hydrogen-bond donors (Lipinski definition) is 8. The van der Waals surface area contributed by atoms with E-state index in [-0.39, 0.29) is 53.0 Å². The Morgan fingerprint density at radius 3 is 2.12 bits per heavy atom. The summed E-state index contributed by atoms with van der Waals surface area (Å²) in [5, 5.41) is 88.1. The summed E-state index contributed by atoms with van der Waals surface area (Å²) < 4.78 is 53.8. The van der Waals surface area contributed by atoms with Gasteiger partial charge in [-0.05, 0) is 105 Å². The first-order valence-electron chi connectivity index (χ1n) is 26.1. The van der Waals surface area contributed by atoms with Gasteiger partial charge in [0.25, 0.3) is 0 Å². The Morgan fingerprint density at radius 2 is 1.47 bits per heavy atom. The van der Waals surface area contributed by atoms with E-state index in [0.29, 0.717) is 44.3 Å². The minimum absolute atomic E-state index is 0.0470. The zero-order chi connectivity index (χ0) is 52.9. The number of aliphatic hydroxyl groups is 8. The van der Waals surface area contributed by atoms with Crippen LogP contribution in [0.2, 0.25) is 0 Å². The van der Waals surface area contributed by atoms with Crippen LogP contribution in [0.5, 0.6) is 5.75 Å². The molecule has 0 amide bonds. The molecule has 22 unspecified atom stereocenters. The molecule has 8 N–H and O–H groups in total. The van der Waals surface area contributed by atoms with Crippen molar-refractivity contribution in [1.29, 1.82) is 0 Å². The Bertz CT molecular complexity index is 2120. The number of aliphatic hydroxyl groups excluding tert-OH is 7. The Balaban J connectivity index is 1.05. The molecule has 0 bridgehead atoms. The van der Waals surface area contributed by atoms with E-state index in [1.807, 2.05) is 20.8 Å². The summed E-state index contributed by atoms with van der Waals surface area (Å²) in [7, 11) is 1.47. The lowest BCUT2D eigenvalue weighted by Crippen LogP contribution is -2.64. The summed E-state index contributed by atoms with van der Waals surface area (Å²) >= 11 is 0. The molecule has 3 saturated heterocycles. The molecule has 22 atom stereocenters. The van der Waals surface area contributed by atoms with Gasteiger partial charge in [0.05, 0.1) is 44.7 Å². The third-order valence-corrected chi connectivity index (χ3v) is 17.9. The van der Waals surface area contributed by atoms with Crippen LogP contribution in [0.4, 0.5) is 0 Å². The second-order valence-corrected chi connectivity index (χ2v) is 22.5. The van der Waals surface area contributed by atoms with Crippen LogP contribution >= 0.6 is 0 Å². The predicted molar refractivity (Wildman–Crippen MR) is 254 cm³/mol. The fourth-order valence-electron chi connectivity index (χ4n) is 13.6. The number of hydrogen-bond acceptors (Lipinski definition) is 20. The lowest BCUT2D eigenvalue weighted by Gasteiger charge is -2.59. The molecule has 3 aliphatic heterocycles. The first-order valence-corrected chi connectivity index (χ1v) is 26.1. The Morgan fingerprint density at radius 1 is 0.781 bits per heavy atom. The van der Waals surface area contributed by atoms with Gasteiger partial charge < -0.3 is 83.5 Å². The molecular formula is C53H78O20. The topological polar surface area (TPSA) is 296 Å². The van der Waals surface area contributed by atoms with E-state index in [1.54, 1.807) is 19.1 Å². The smallest absolute Gasteiger partial charge is 0.338 e. The highest BCUT2D eigenvalue weighted by Crippen LogP contribution is 2.69. The average Bonchev–Trinajstić information content (AvgIpc) is 3.59. The number of carbonyl (C=O) groups excluding carboxylic acids is 3. The molecule has 20 heteroatoms. The van der Waals surface area contributed by atoms with E-state index in [1.165, 1.54) is 24.8 Å². The van der Waals surface area contributed by atoms with E-state index in [2.05, 4.69) is 13.0 Å². The van der Waals surface area contributed by atoms with Crippen molar-refractivity contribution < 1.29 is 97.9 Å². The highest BCUT2D eigenvalue weighted by Gasteiger charge is 2.71. The number of carbonyl (C=O) groups is 3. The van der Waals surface area contributed by atoms with E-state index in [9.17, 15) is 55.2 Å². The van der Waals surface area contributed by atoms with Crippen LogP contribution in [0.25, 0.3) is 0 Å². The Labute approximate surface area is 426 Å². The number of ether oxygens (including phenoxy) is 9. The number of ketones is 1. The highest BCUT2D eigenvalue weighted by molar-refractivity contribution is 5.89. The summed E-state index contributed by atoms with van der Waals surface area (Å²) in [5.41, 5.74) is -1.60. The SMILES string of the molecule is COc1ccc(C(=O)OC2C(OC3C(O)COC(OC4CC5C6CC=C7CC(OC8OC(CO)C(O)C(O)C8O)CCC7(C)C6CCC5(C)C4(O)C(C)C(=O)CCC(C)C)C3OC(C)=O)OCC(O)C2O)cc1. The molecule has 0 aromatic heterocycles. The summed E-state index contributed by atoms with van der Waals surface area (Å²) in [4.78, 5) is 40.7. The Kier molecular flexibility index (Phi) is 17.2. The van der Waals surface area contributed by atoms with Crippen molar-refractivity contribution in [3.05, 3.63) is 41.5 Å². The molecule has 6 fully saturated rings. The minimum atomic E-state index is -1.76. The highest BCUT2D eigenvalue weighted by atomic mass is 16.8. The zero-order valence-corrected chi connectivity index (χ0v) is 42.9. The standard InChI is InChI=1S/C53H78O20/c1-25(2)8-15-35(56)26(3)53(64)39(21-34-32-14-11-29-20-31(16-18-51(29,5)33(32)17-19-52(34,53)6)69-48-43(62)42(61)41(60)38(22-54)70-48)71-50-46(68-27(4)55)44(37(58)24-67-50)73-49-45(40(59)36(57)23-66-49)72-47(63)28-9-12-30(65-7)13-10-28/h9-13,25-26,31-34,36-46,48-50,54,57-62,64H,8,14-24H2,1-7H3. The van der Waals surface area contributed by atoms with Crippen LogP contribution in [-0.2, 0) is 47.5 Å². The van der Waals surface area contributed by atoms with Gasteiger partial charge in [-0.2, -0.15) is 0 Å². The normalized spacial score (nSPS) is 44.0. The molecule has 0 spiro atoms. The number of allylic oxidation sites excluding steroid dienone is 1. The number of methoxy groups -OCH3 is 1. The maximum absolute atomic E-state index is 14.3. The molecule has 73 heavy (non-hydrogen) atoms. The summed E-state index contributed by atoms with van der Waals surface area (Å²) in [6.07, 6.45) is -13.5. The molecule has 3 heterocycles. The monoisotopic (exact) mass is 1030 g/mol. The van der Waals surface area contributed by atoms with E-state index < -0.39 is 135 Å². The first-order chi connectivity index (χ1) is 34.6. The zero-order valence-electron chi connectivity index (χ0n) is 42.9. The third-order valence-electron chi connectivity index (χ3n) is 17.9. The van der Waals surface area contributed by atoms with Gasteiger partial charge >= 0.3 is 11.9 Å². The fraction of sp³-hybridized carbons (Fsp3) is 0.792. The van der Waals surface area contributed by atoms with Gasteiger partial charge in [-0.15, -0.1) is 0 Å². The average molecular weight is 1040 g/mol. The summed E-state index contributed by atoms with van der Waals surface area (Å²) in [6, 6.07) is 5.99. The Hall–Kier alpha value is -3.19. The van der Waals surface area contributed by atoms with Crippen molar-refractivity contribution in [3.63, 3.8) is 0 Å². The third kappa shape index (κ3) is 10.7.